The summed E-state index contributed by atoms with van der Waals surface area (Å²) in [5.74, 6) is -1.38. The van der Waals surface area contributed by atoms with Crippen molar-refractivity contribution in [3.63, 3.8) is 0 Å². The summed E-state index contributed by atoms with van der Waals surface area (Å²) in [4.78, 5) is 10.8. The van der Waals surface area contributed by atoms with E-state index in [1.807, 2.05) is 0 Å². The van der Waals surface area contributed by atoms with E-state index in [9.17, 15) is 9.18 Å². The molecule has 20 heavy (non-hydrogen) atoms. The van der Waals surface area contributed by atoms with Gasteiger partial charge in [-0.2, -0.15) is 5.10 Å². The number of methoxy groups -OCH3 is 2. The number of aromatic amines is 1. The molecule has 0 aliphatic heterocycles. The fraction of sp³-hybridized carbons (Fsp3) is 0.167. The number of aromatic nitrogens is 2. The third kappa shape index (κ3) is 2.34. The normalized spacial score (nSPS) is 10.4. The van der Waals surface area contributed by atoms with E-state index in [0.717, 1.165) is 0 Å². The summed E-state index contributed by atoms with van der Waals surface area (Å²) >= 11 is 3.17. The molecule has 106 valence electrons. The Morgan fingerprint density at radius 1 is 1.35 bits per heavy atom. The largest absolute Gasteiger partial charge is 0.492 e. The Morgan fingerprint density at radius 3 is 2.50 bits per heavy atom. The van der Waals surface area contributed by atoms with Crippen molar-refractivity contribution in [1.29, 1.82) is 0 Å². The monoisotopic (exact) mass is 344 g/mol. The average Bonchev–Trinajstić information content (AvgIpc) is 2.87. The molecule has 0 fully saturated rings. The standard InChI is InChI=1S/C12H10BrFN2O4/c1-19-10-5(13)3-6(14)9(11(10)20-2)7-4-8(12(17)18)16-15-7/h3-4H,1-2H3,(H,15,16)(H,17,18). The maximum atomic E-state index is 14.1. The van der Waals surface area contributed by atoms with Gasteiger partial charge in [0.05, 0.1) is 29.9 Å². The first-order chi connectivity index (χ1) is 9.49. The molecule has 1 aromatic carbocycles. The van der Waals surface area contributed by atoms with Crippen LogP contribution in [0.15, 0.2) is 16.6 Å². The van der Waals surface area contributed by atoms with E-state index >= 15 is 0 Å². The van der Waals surface area contributed by atoms with E-state index in [-0.39, 0.29) is 22.7 Å². The first-order valence-electron chi connectivity index (χ1n) is 5.38. The summed E-state index contributed by atoms with van der Waals surface area (Å²) in [6.07, 6.45) is 0. The van der Waals surface area contributed by atoms with Crippen LogP contribution in [0.2, 0.25) is 0 Å². The molecule has 1 aromatic heterocycles. The molecule has 0 radical (unpaired) electrons. The molecule has 0 saturated carbocycles. The number of carboxylic acids is 1. The van der Waals surface area contributed by atoms with Crippen molar-refractivity contribution in [2.24, 2.45) is 0 Å². The molecule has 0 amide bonds. The average molecular weight is 345 g/mol. The molecule has 0 saturated heterocycles. The van der Waals surface area contributed by atoms with Crippen LogP contribution in [-0.4, -0.2) is 35.5 Å². The van der Waals surface area contributed by atoms with Gasteiger partial charge in [-0.25, -0.2) is 9.18 Å². The highest BCUT2D eigenvalue weighted by molar-refractivity contribution is 9.10. The third-order valence-electron chi connectivity index (χ3n) is 2.62. The van der Waals surface area contributed by atoms with Crippen molar-refractivity contribution in [2.45, 2.75) is 0 Å². The Labute approximate surface area is 121 Å². The van der Waals surface area contributed by atoms with Crippen molar-refractivity contribution < 1.29 is 23.8 Å². The zero-order valence-corrected chi connectivity index (χ0v) is 12.1. The second-order valence-electron chi connectivity index (χ2n) is 3.75. The van der Waals surface area contributed by atoms with Crippen LogP contribution in [0, 0.1) is 5.82 Å². The van der Waals surface area contributed by atoms with Crippen molar-refractivity contribution in [1.82, 2.24) is 10.2 Å². The quantitative estimate of drug-likeness (QED) is 0.890. The van der Waals surface area contributed by atoms with Crippen LogP contribution >= 0.6 is 15.9 Å². The molecule has 1 heterocycles. The Bertz CT molecular complexity index is 672. The minimum atomic E-state index is -1.19. The molecule has 8 heteroatoms. The molecular formula is C12H10BrFN2O4. The van der Waals surface area contributed by atoms with Crippen molar-refractivity contribution in [2.75, 3.05) is 14.2 Å². The summed E-state index contributed by atoms with van der Waals surface area (Å²) < 4.78 is 24.8. The van der Waals surface area contributed by atoms with Crippen LogP contribution in [0.1, 0.15) is 10.5 Å². The lowest BCUT2D eigenvalue weighted by atomic mass is 10.1. The third-order valence-corrected chi connectivity index (χ3v) is 3.20. The number of nitrogens with one attached hydrogen (secondary N) is 1. The van der Waals surface area contributed by atoms with E-state index in [1.165, 1.54) is 26.4 Å². The highest BCUT2D eigenvalue weighted by Crippen LogP contribution is 2.44. The smallest absolute Gasteiger partial charge is 0.353 e. The fourth-order valence-electron chi connectivity index (χ4n) is 1.76. The number of rotatable bonds is 4. The Hall–Kier alpha value is -2.09. The summed E-state index contributed by atoms with van der Waals surface area (Å²) in [5, 5.41) is 15.0. The molecule has 0 spiro atoms. The summed E-state index contributed by atoms with van der Waals surface area (Å²) in [6.45, 7) is 0. The molecule has 0 unspecified atom stereocenters. The van der Waals surface area contributed by atoms with Gasteiger partial charge in [0, 0.05) is 0 Å². The number of benzene rings is 1. The number of hydrogen-bond acceptors (Lipinski definition) is 4. The van der Waals surface area contributed by atoms with Crippen molar-refractivity contribution in [3.05, 3.63) is 28.1 Å². The van der Waals surface area contributed by atoms with E-state index in [4.69, 9.17) is 14.6 Å². The lowest BCUT2D eigenvalue weighted by Gasteiger charge is -2.13. The SMILES string of the molecule is COc1c(Br)cc(F)c(-c2cc(C(=O)O)[nH]n2)c1OC. The van der Waals surface area contributed by atoms with Gasteiger partial charge >= 0.3 is 5.97 Å². The number of carbonyl (C=O) groups is 1. The molecule has 0 aliphatic carbocycles. The molecule has 0 bridgehead atoms. The molecule has 6 nitrogen and oxygen atoms in total. The van der Waals surface area contributed by atoms with Crippen LogP contribution < -0.4 is 9.47 Å². The van der Waals surface area contributed by atoms with Crippen molar-refractivity contribution >= 4 is 21.9 Å². The number of aromatic carboxylic acids is 1. The molecule has 0 atom stereocenters. The highest BCUT2D eigenvalue weighted by Gasteiger charge is 2.23. The Kier molecular flexibility index (Phi) is 3.93. The Morgan fingerprint density at radius 2 is 2.00 bits per heavy atom. The zero-order valence-electron chi connectivity index (χ0n) is 10.5. The van der Waals surface area contributed by atoms with Gasteiger partial charge in [-0.3, -0.25) is 5.10 Å². The van der Waals surface area contributed by atoms with Crippen LogP contribution in [-0.2, 0) is 0 Å². The number of nitrogens with zero attached hydrogens (tertiary/aromatic N) is 1. The van der Waals surface area contributed by atoms with Gasteiger partial charge in [0.2, 0.25) is 0 Å². The van der Waals surface area contributed by atoms with Crippen LogP contribution in [0.4, 0.5) is 4.39 Å². The van der Waals surface area contributed by atoms with Gasteiger partial charge in [-0.1, -0.05) is 0 Å². The number of H-pyrrole nitrogens is 1. The van der Waals surface area contributed by atoms with Crippen LogP contribution in [0.5, 0.6) is 11.5 Å². The van der Waals surface area contributed by atoms with Gasteiger partial charge < -0.3 is 14.6 Å². The number of ether oxygens (including phenoxy) is 2. The summed E-state index contributed by atoms with van der Waals surface area (Å²) in [6, 6.07) is 2.42. The zero-order chi connectivity index (χ0) is 14.9. The predicted molar refractivity (Wildman–Crippen MR) is 71.7 cm³/mol. The maximum Gasteiger partial charge on any atom is 0.353 e. The second-order valence-corrected chi connectivity index (χ2v) is 4.61. The lowest BCUT2D eigenvalue weighted by molar-refractivity contribution is 0.0690. The van der Waals surface area contributed by atoms with E-state index in [1.54, 1.807) is 0 Å². The lowest BCUT2D eigenvalue weighted by Crippen LogP contribution is -1.97. The molecule has 2 N–H and O–H groups in total. The minimum absolute atomic E-state index is 0.0244. The first kappa shape index (κ1) is 14.3. The summed E-state index contributed by atoms with van der Waals surface area (Å²) in [5.41, 5.74) is -0.0119. The van der Waals surface area contributed by atoms with Gasteiger partial charge in [0.1, 0.15) is 11.5 Å². The predicted octanol–water partition coefficient (Wildman–Crippen LogP) is 2.69. The van der Waals surface area contributed by atoms with Gasteiger partial charge in [-0.05, 0) is 28.1 Å². The Balaban J connectivity index is 2.68. The number of halogens is 2. The second kappa shape index (κ2) is 5.49. The molecule has 2 aromatic rings. The van der Waals surface area contributed by atoms with E-state index in [0.29, 0.717) is 10.2 Å². The van der Waals surface area contributed by atoms with Gasteiger partial charge in [0.25, 0.3) is 0 Å². The minimum Gasteiger partial charge on any atom is -0.492 e. The van der Waals surface area contributed by atoms with Crippen molar-refractivity contribution in [3.8, 4) is 22.8 Å². The molecule has 2 rings (SSSR count). The van der Waals surface area contributed by atoms with Gasteiger partial charge in [-0.15, -0.1) is 0 Å². The highest BCUT2D eigenvalue weighted by atomic mass is 79.9. The molecule has 0 aliphatic rings. The summed E-state index contributed by atoms with van der Waals surface area (Å²) in [7, 11) is 2.77. The number of hydrogen-bond donors (Lipinski definition) is 2. The number of carboxylic acid groups (broad SMARTS) is 1. The van der Waals surface area contributed by atoms with E-state index in [2.05, 4.69) is 26.1 Å². The van der Waals surface area contributed by atoms with Crippen LogP contribution in [0.3, 0.4) is 0 Å². The maximum absolute atomic E-state index is 14.1. The van der Waals surface area contributed by atoms with E-state index < -0.39 is 11.8 Å². The topological polar surface area (TPSA) is 84.4 Å². The van der Waals surface area contributed by atoms with Crippen LogP contribution in [0.25, 0.3) is 11.3 Å². The molecular weight excluding hydrogens is 335 g/mol. The fourth-order valence-corrected chi connectivity index (χ4v) is 2.31. The first-order valence-corrected chi connectivity index (χ1v) is 6.18. The van der Waals surface area contributed by atoms with Gasteiger partial charge in [0.15, 0.2) is 11.5 Å².